The Balaban J connectivity index is 1.41. The van der Waals surface area contributed by atoms with Gasteiger partial charge in [-0.3, -0.25) is 4.90 Å². The molecule has 1 saturated heterocycles. The van der Waals surface area contributed by atoms with Gasteiger partial charge in [0.05, 0.1) is 12.1 Å². The summed E-state index contributed by atoms with van der Waals surface area (Å²) in [7, 11) is 0. The molecule has 8 heteroatoms. The minimum absolute atomic E-state index is 0.539. The van der Waals surface area contributed by atoms with E-state index in [1.807, 2.05) is 31.2 Å². The molecule has 0 bridgehead atoms. The van der Waals surface area contributed by atoms with Gasteiger partial charge in [-0.15, -0.1) is 5.10 Å². The van der Waals surface area contributed by atoms with Gasteiger partial charge in [0, 0.05) is 38.0 Å². The number of piperazine rings is 1. The van der Waals surface area contributed by atoms with Crippen LogP contribution in [0.2, 0.25) is 0 Å². The predicted molar refractivity (Wildman–Crippen MR) is 95.1 cm³/mol. The number of anilines is 2. The number of benzene rings is 1. The molecular weight excluding hydrogens is 318 g/mol. The molecule has 0 aliphatic carbocycles. The fourth-order valence-electron chi connectivity index (χ4n) is 3.03. The number of para-hydroxylation sites is 1. The Labute approximate surface area is 145 Å². The third-order valence-corrected chi connectivity index (χ3v) is 4.45. The van der Waals surface area contributed by atoms with E-state index < -0.39 is 0 Å². The second-order valence-electron chi connectivity index (χ2n) is 6.14. The Morgan fingerprint density at radius 1 is 1.08 bits per heavy atom. The molecule has 1 fully saturated rings. The van der Waals surface area contributed by atoms with Crippen molar-refractivity contribution in [2.24, 2.45) is 0 Å². The first-order chi connectivity index (χ1) is 12.2. The van der Waals surface area contributed by atoms with Crippen LogP contribution in [0, 0.1) is 0 Å². The largest absolute Gasteiger partial charge is 0.408 e. The number of rotatable bonds is 4. The van der Waals surface area contributed by atoms with E-state index in [4.69, 9.17) is 10.2 Å². The molecule has 130 valence electrons. The van der Waals surface area contributed by atoms with Crippen LogP contribution in [-0.2, 0) is 13.0 Å². The predicted octanol–water partition coefficient (Wildman–Crippen LogP) is 1.48. The van der Waals surface area contributed by atoms with Crippen LogP contribution < -0.4 is 10.6 Å². The van der Waals surface area contributed by atoms with Crippen molar-refractivity contribution >= 4 is 22.7 Å². The van der Waals surface area contributed by atoms with Crippen molar-refractivity contribution in [2.75, 3.05) is 36.8 Å². The second kappa shape index (κ2) is 6.64. The van der Waals surface area contributed by atoms with Crippen molar-refractivity contribution in [1.82, 2.24) is 25.1 Å². The topological polar surface area (TPSA) is 97.2 Å². The van der Waals surface area contributed by atoms with Gasteiger partial charge in [-0.2, -0.15) is 0 Å². The Hall–Kier alpha value is -2.74. The second-order valence-corrected chi connectivity index (χ2v) is 6.14. The molecule has 0 saturated carbocycles. The minimum atomic E-state index is 0.539. The average molecular weight is 339 g/mol. The van der Waals surface area contributed by atoms with Gasteiger partial charge in [-0.1, -0.05) is 24.2 Å². The highest BCUT2D eigenvalue weighted by atomic mass is 16.4. The summed E-state index contributed by atoms with van der Waals surface area (Å²) in [4.78, 5) is 13.5. The van der Waals surface area contributed by atoms with Crippen molar-refractivity contribution in [3.8, 4) is 0 Å². The van der Waals surface area contributed by atoms with Gasteiger partial charge in [0.1, 0.15) is 11.6 Å². The Bertz CT molecular complexity index is 870. The van der Waals surface area contributed by atoms with E-state index in [0.717, 1.165) is 49.3 Å². The summed E-state index contributed by atoms with van der Waals surface area (Å²) < 4.78 is 5.63. The number of aryl methyl sites for hydroxylation is 1. The molecule has 0 radical (unpaired) electrons. The van der Waals surface area contributed by atoms with E-state index in [0.29, 0.717) is 24.3 Å². The van der Waals surface area contributed by atoms with Crippen LogP contribution in [0.3, 0.4) is 0 Å². The Morgan fingerprint density at radius 2 is 1.88 bits per heavy atom. The van der Waals surface area contributed by atoms with E-state index in [1.54, 1.807) is 0 Å². The maximum Gasteiger partial charge on any atom is 0.318 e. The Morgan fingerprint density at radius 3 is 2.64 bits per heavy atom. The van der Waals surface area contributed by atoms with Crippen molar-refractivity contribution in [3.05, 3.63) is 36.0 Å². The quantitative estimate of drug-likeness (QED) is 0.763. The monoisotopic (exact) mass is 339 g/mol. The van der Waals surface area contributed by atoms with Crippen molar-refractivity contribution in [1.29, 1.82) is 0 Å². The lowest BCUT2D eigenvalue weighted by Gasteiger charge is -2.33. The van der Waals surface area contributed by atoms with Crippen LogP contribution in [0.5, 0.6) is 0 Å². The van der Waals surface area contributed by atoms with Gasteiger partial charge in [-0.25, -0.2) is 9.97 Å². The van der Waals surface area contributed by atoms with Crippen molar-refractivity contribution < 1.29 is 4.42 Å². The maximum absolute atomic E-state index is 6.07. The summed E-state index contributed by atoms with van der Waals surface area (Å²) >= 11 is 0. The molecule has 2 N–H and O–H groups in total. The zero-order valence-electron chi connectivity index (χ0n) is 14.2. The molecule has 4 rings (SSSR count). The lowest BCUT2D eigenvalue weighted by atomic mass is 10.2. The molecule has 8 nitrogen and oxygen atoms in total. The van der Waals surface area contributed by atoms with E-state index in [9.17, 15) is 0 Å². The summed E-state index contributed by atoms with van der Waals surface area (Å²) in [6.07, 6.45) is 0.758. The SMILES string of the molecule is CCc1nnc(N2CCN(Cc3nc(N)c4ccccc4n3)CC2)o1. The molecular formula is C17H21N7O. The number of nitrogen functional groups attached to an aromatic ring is 1. The first-order valence-electron chi connectivity index (χ1n) is 8.53. The highest BCUT2D eigenvalue weighted by molar-refractivity contribution is 5.87. The van der Waals surface area contributed by atoms with E-state index >= 15 is 0 Å². The van der Waals surface area contributed by atoms with E-state index in [-0.39, 0.29) is 0 Å². The van der Waals surface area contributed by atoms with Crippen molar-refractivity contribution in [3.63, 3.8) is 0 Å². The normalized spacial score (nSPS) is 15.8. The zero-order valence-corrected chi connectivity index (χ0v) is 14.2. The number of hydrogen-bond acceptors (Lipinski definition) is 8. The molecule has 3 heterocycles. The molecule has 1 aliphatic rings. The van der Waals surface area contributed by atoms with Gasteiger partial charge < -0.3 is 15.1 Å². The van der Waals surface area contributed by atoms with Crippen molar-refractivity contribution in [2.45, 2.75) is 19.9 Å². The molecule has 0 unspecified atom stereocenters. The van der Waals surface area contributed by atoms with Crippen LogP contribution in [0.4, 0.5) is 11.8 Å². The average Bonchev–Trinajstić information content (AvgIpc) is 3.12. The van der Waals surface area contributed by atoms with Crippen LogP contribution in [0.1, 0.15) is 18.6 Å². The van der Waals surface area contributed by atoms with Crippen LogP contribution in [-0.4, -0.2) is 51.2 Å². The fourth-order valence-corrected chi connectivity index (χ4v) is 3.03. The molecule has 0 spiro atoms. The molecule has 0 atom stereocenters. The van der Waals surface area contributed by atoms with E-state index in [1.165, 1.54) is 0 Å². The molecule has 0 amide bonds. The van der Waals surface area contributed by atoms with Gasteiger partial charge >= 0.3 is 6.01 Å². The summed E-state index contributed by atoms with van der Waals surface area (Å²) in [6, 6.07) is 8.44. The van der Waals surface area contributed by atoms with Crippen LogP contribution in [0.15, 0.2) is 28.7 Å². The van der Waals surface area contributed by atoms with E-state index in [2.05, 4.69) is 30.0 Å². The lowest BCUT2D eigenvalue weighted by Crippen LogP contribution is -2.46. The number of aromatic nitrogens is 4. The number of fused-ring (bicyclic) bond motifs is 1. The summed E-state index contributed by atoms with van der Waals surface area (Å²) in [5.41, 5.74) is 6.96. The highest BCUT2D eigenvalue weighted by Crippen LogP contribution is 2.19. The number of nitrogens with zero attached hydrogens (tertiary/aromatic N) is 6. The van der Waals surface area contributed by atoms with Gasteiger partial charge in [0.2, 0.25) is 5.89 Å². The number of nitrogens with two attached hydrogens (primary N) is 1. The Kier molecular flexibility index (Phi) is 4.19. The maximum atomic E-state index is 6.07. The summed E-state index contributed by atoms with van der Waals surface area (Å²) in [5.74, 6) is 1.98. The van der Waals surface area contributed by atoms with Gasteiger partial charge in [0.25, 0.3) is 0 Å². The van der Waals surface area contributed by atoms with Crippen LogP contribution >= 0.6 is 0 Å². The zero-order chi connectivity index (χ0) is 17.2. The third kappa shape index (κ3) is 3.25. The van der Waals surface area contributed by atoms with Gasteiger partial charge in [0.15, 0.2) is 0 Å². The first kappa shape index (κ1) is 15.8. The molecule has 3 aromatic rings. The first-order valence-corrected chi connectivity index (χ1v) is 8.53. The molecule has 2 aromatic heterocycles. The smallest absolute Gasteiger partial charge is 0.318 e. The molecule has 25 heavy (non-hydrogen) atoms. The summed E-state index contributed by atoms with van der Waals surface area (Å²) in [6.45, 7) is 6.15. The molecule has 1 aromatic carbocycles. The lowest BCUT2D eigenvalue weighted by molar-refractivity contribution is 0.239. The summed E-state index contributed by atoms with van der Waals surface area (Å²) in [5, 5.41) is 9.05. The number of hydrogen-bond donors (Lipinski definition) is 1. The van der Waals surface area contributed by atoms with Gasteiger partial charge in [-0.05, 0) is 12.1 Å². The minimum Gasteiger partial charge on any atom is -0.408 e. The van der Waals surface area contributed by atoms with Crippen LogP contribution in [0.25, 0.3) is 10.9 Å². The third-order valence-electron chi connectivity index (χ3n) is 4.45. The molecule has 1 aliphatic heterocycles. The standard InChI is InChI=1S/C17H21N7O/c1-2-15-21-22-17(25-15)24-9-7-23(8-10-24)11-14-19-13-6-4-3-5-12(13)16(18)20-14/h3-6H,2,7-11H2,1H3,(H2,18,19,20). The fraction of sp³-hybridized carbons (Fsp3) is 0.412. The highest BCUT2D eigenvalue weighted by Gasteiger charge is 2.22.